The van der Waals surface area contributed by atoms with Gasteiger partial charge in [0.2, 0.25) is 0 Å². The molecule has 1 aliphatic carbocycles. The van der Waals surface area contributed by atoms with Gasteiger partial charge in [0.15, 0.2) is 0 Å². The van der Waals surface area contributed by atoms with Crippen LogP contribution in [0.15, 0.2) is 11.8 Å². The summed E-state index contributed by atoms with van der Waals surface area (Å²) in [5, 5.41) is 10.4. The molecule has 2 aliphatic rings. The van der Waals surface area contributed by atoms with Gasteiger partial charge in [-0.05, 0) is 37.7 Å². The third-order valence-corrected chi connectivity index (χ3v) is 5.34. The number of aliphatic hydroxyl groups is 1. The molecule has 4 atom stereocenters. The molecule has 23 heavy (non-hydrogen) atoms. The van der Waals surface area contributed by atoms with E-state index in [9.17, 15) is 9.90 Å². The van der Waals surface area contributed by atoms with Crippen LogP contribution in [-0.2, 0) is 14.3 Å². The molecule has 4 unspecified atom stereocenters. The van der Waals surface area contributed by atoms with E-state index in [-0.39, 0.29) is 18.2 Å². The van der Waals surface area contributed by atoms with Gasteiger partial charge in [-0.15, -0.1) is 0 Å². The highest BCUT2D eigenvalue weighted by Gasteiger charge is 2.44. The highest BCUT2D eigenvalue weighted by molar-refractivity contribution is 5.68. The number of hydrogen-bond donors (Lipinski definition) is 1. The lowest BCUT2D eigenvalue weighted by Gasteiger charge is -2.30. The number of fused-ring (bicyclic) bond motifs is 1. The lowest BCUT2D eigenvalue weighted by atomic mass is 9.85. The van der Waals surface area contributed by atoms with Crippen molar-refractivity contribution in [1.82, 2.24) is 0 Å². The first kappa shape index (κ1) is 18.3. The van der Waals surface area contributed by atoms with Crippen LogP contribution < -0.4 is 0 Å². The van der Waals surface area contributed by atoms with Crippen molar-refractivity contribution in [2.75, 3.05) is 7.11 Å². The fourth-order valence-electron chi connectivity index (χ4n) is 3.99. The molecule has 2 rings (SSSR count). The number of hydrogen-bond acceptors (Lipinski definition) is 4. The van der Waals surface area contributed by atoms with E-state index >= 15 is 0 Å². The van der Waals surface area contributed by atoms with E-state index in [4.69, 9.17) is 4.74 Å². The third kappa shape index (κ3) is 5.23. The maximum absolute atomic E-state index is 11.1. The maximum atomic E-state index is 11.1. The molecule has 0 radical (unpaired) electrons. The van der Waals surface area contributed by atoms with Crippen LogP contribution in [0.1, 0.15) is 71.1 Å². The average Bonchev–Trinajstić information content (AvgIpc) is 2.86. The highest BCUT2D eigenvalue weighted by atomic mass is 16.5. The number of rotatable bonds is 9. The predicted octanol–water partition coefficient (Wildman–Crippen LogP) is 3.97. The second-order valence-corrected chi connectivity index (χ2v) is 6.97. The van der Waals surface area contributed by atoms with Crippen molar-refractivity contribution < 1.29 is 19.4 Å². The maximum Gasteiger partial charge on any atom is 0.305 e. The van der Waals surface area contributed by atoms with Crippen LogP contribution in [0.2, 0.25) is 0 Å². The molecule has 1 N–H and O–H groups in total. The van der Waals surface area contributed by atoms with Gasteiger partial charge in [-0.25, -0.2) is 0 Å². The number of allylic oxidation sites excluding steroid dienone is 2. The van der Waals surface area contributed by atoms with Crippen molar-refractivity contribution in [2.24, 2.45) is 11.8 Å². The number of carbonyl (C=O) groups is 1. The quantitative estimate of drug-likeness (QED) is 0.515. The lowest BCUT2D eigenvalue weighted by molar-refractivity contribution is -0.140. The summed E-state index contributed by atoms with van der Waals surface area (Å²) >= 11 is 0. The zero-order chi connectivity index (χ0) is 16.7. The normalized spacial score (nSPS) is 29.6. The summed E-state index contributed by atoms with van der Waals surface area (Å²) in [6.07, 6.45) is 11.9. The molecule has 4 heteroatoms. The van der Waals surface area contributed by atoms with Gasteiger partial charge in [-0.1, -0.05) is 26.2 Å². The summed E-state index contributed by atoms with van der Waals surface area (Å²) in [6.45, 7) is 2.21. The van der Waals surface area contributed by atoms with E-state index in [2.05, 4.69) is 17.7 Å². The Morgan fingerprint density at radius 1 is 1.35 bits per heavy atom. The summed E-state index contributed by atoms with van der Waals surface area (Å²) in [5.74, 6) is 1.75. The summed E-state index contributed by atoms with van der Waals surface area (Å²) in [4.78, 5) is 11.1. The number of methoxy groups -OCH3 is 1. The van der Waals surface area contributed by atoms with E-state index < -0.39 is 0 Å². The zero-order valence-corrected chi connectivity index (χ0v) is 14.6. The highest BCUT2D eigenvalue weighted by Crippen LogP contribution is 2.43. The number of ether oxygens (including phenoxy) is 2. The van der Waals surface area contributed by atoms with Gasteiger partial charge < -0.3 is 14.6 Å². The molecule has 132 valence electrons. The monoisotopic (exact) mass is 324 g/mol. The van der Waals surface area contributed by atoms with Crippen LogP contribution in [0.3, 0.4) is 0 Å². The van der Waals surface area contributed by atoms with Crippen molar-refractivity contribution in [1.29, 1.82) is 0 Å². The summed E-state index contributed by atoms with van der Waals surface area (Å²) < 4.78 is 10.8. The Kier molecular flexibility index (Phi) is 7.41. The van der Waals surface area contributed by atoms with Crippen LogP contribution in [0.25, 0.3) is 0 Å². The standard InChI is InChI=1S/C19H32O4/c1-3-4-5-8-14-11-12-16-15(17(20)13-18(16)23-14)9-6-7-10-19(21)22-2/h11,15-18,20H,3-10,12-13H2,1-2H3. The van der Waals surface area contributed by atoms with E-state index in [0.29, 0.717) is 18.3 Å². The molecule has 1 saturated carbocycles. The van der Waals surface area contributed by atoms with Gasteiger partial charge in [-0.3, -0.25) is 4.79 Å². The third-order valence-electron chi connectivity index (χ3n) is 5.34. The van der Waals surface area contributed by atoms with E-state index in [1.807, 2.05) is 0 Å². The van der Waals surface area contributed by atoms with Crippen molar-refractivity contribution in [3.63, 3.8) is 0 Å². The molecular weight excluding hydrogens is 292 g/mol. The fraction of sp³-hybridized carbons (Fsp3) is 0.842. The molecule has 1 fully saturated rings. The summed E-state index contributed by atoms with van der Waals surface area (Å²) in [5.41, 5.74) is 0. The SMILES string of the molecule is CCCCCC1=CCC2C(CC(O)C2CCCCC(=O)OC)O1. The Morgan fingerprint density at radius 3 is 2.91 bits per heavy atom. The van der Waals surface area contributed by atoms with Crippen LogP contribution in [0, 0.1) is 11.8 Å². The lowest BCUT2D eigenvalue weighted by Crippen LogP contribution is -2.26. The minimum atomic E-state index is -0.258. The largest absolute Gasteiger partial charge is 0.495 e. The van der Waals surface area contributed by atoms with Gasteiger partial charge in [0, 0.05) is 25.2 Å². The topological polar surface area (TPSA) is 55.8 Å². The molecule has 1 aliphatic heterocycles. The first-order valence-electron chi connectivity index (χ1n) is 9.26. The van der Waals surface area contributed by atoms with Gasteiger partial charge in [0.05, 0.1) is 19.0 Å². The fourth-order valence-corrected chi connectivity index (χ4v) is 3.99. The van der Waals surface area contributed by atoms with Crippen molar-refractivity contribution in [3.8, 4) is 0 Å². The van der Waals surface area contributed by atoms with Crippen LogP contribution >= 0.6 is 0 Å². The Bertz CT molecular complexity index is 404. The van der Waals surface area contributed by atoms with Gasteiger partial charge in [-0.2, -0.15) is 0 Å². The van der Waals surface area contributed by atoms with E-state index in [0.717, 1.165) is 44.3 Å². The van der Waals surface area contributed by atoms with Gasteiger partial charge in [0.25, 0.3) is 0 Å². The number of carbonyl (C=O) groups excluding carboxylic acids is 1. The van der Waals surface area contributed by atoms with Gasteiger partial charge in [0.1, 0.15) is 6.10 Å². The molecule has 0 amide bonds. The van der Waals surface area contributed by atoms with Crippen molar-refractivity contribution in [3.05, 3.63) is 11.8 Å². The molecular formula is C19H32O4. The van der Waals surface area contributed by atoms with E-state index in [1.54, 1.807) is 0 Å². The van der Waals surface area contributed by atoms with Crippen molar-refractivity contribution in [2.45, 2.75) is 83.3 Å². The van der Waals surface area contributed by atoms with Crippen LogP contribution in [0.4, 0.5) is 0 Å². The Balaban J connectivity index is 1.76. The number of unbranched alkanes of at least 4 members (excludes halogenated alkanes) is 3. The second-order valence-electron chi connectivity index (χ2n) is 6.97. The van der Waals surface area contributed by atoms with Crippen LogP contribution in [-0.4, -0.2) is 30.4 Å². The molecule has 0 aromatic rings. The Hall–Kier alpha value is -1.03. The summed E-state index contributed by atoms with van der Waals surface area (Å²) in [7, 11) is 1.43. The number of esters is 1. The molecule has 0 spiro atoms. The number of aliphatic hydroxyl groups excluding tert-OH is 1. The smallest absolute Gasteiger partial charge is 0.305 e. The second kappa shape index (κ2) is 9.31. The first-order valence-corrected chi connectivity index (χ1v) is 9.26. The van der Waals surface area contributed by atoms with E-state index in [1.165, 1.54) is 26.4 Å². The molecule has 1 heterocycles. The van der Waals surface area contributed by atoms with Crippen molar-refractivity contribution >= 4 is 5.97 Å². The van der Waals surface area contributed by atoms with Gasteiger partial charge >= 0.3 is 5.97 Å². The predicted molar refractivity (Wildman–Crippen MR) is 89.8 cm³/mol. The Morgan fingerprint density at radius 2 is 2.17 bits per heavy atom. The molecule has 0 saturated heterocycles. The Labute approximate surface area is 140 Å². The average molecular weight is 324 g/mol. The summed E-state index contributed by atoms with van der Waals surface area (Å²) in [6, 6.07) is 0. The molecule has 0 aromatic carbocycles. The molecule has 4 nitrogen and oxygen atoms in total. The minimum absolute atomic E-state index is 0.143. The first-order chi connectivity index (χ1) is 11.2. The zero-order valence-electron chi connectivity index (χ0n) is 14.6. The van der Waals surface area contributed by atoms with Crippen LogP contribution in [0.5, 0.6) is 0 Å². The molecule has 0 bridgehead atoms. The molecule has 0 aromatic heterocycles. The minimum Gasteiger partial charge on any atom is -0.495 e.